The van der Waals surface area contributed by atoms with E-state index in [9.17, 15) is 4.79 Å². The minimum absolute atomic E-state index is 0.0190. The molecule has 0 radical (unpaired) electrons. The molecule has 0 saturated carbocycles. The zero-order valence-electron chi connectivity index (χ0n) is 9.66. The number of carbonyl (C=O) groups excluding carboxylic acids is 1. The summed E-state index contributed by atoms with van der Waals surface area (Å²) in [5.74, 6) is -0.319. The van der Waals surface area contributed by atoms with Gasteiger partial charge in [0.1, 0.15) is 12.7 Å². The van der Waals surface area contributed by atoms with E-state index in [1.165, 1.54) is 7.11 Å². The van der Waals surface area contributed by atoms with Gasteiger partial charge in [-0.2, -0.15) is 0 Å². The lowest BCUT2D eigenvalue weighted by Gasteiger charge is -2.12. The van der Waals surface area contributed by atoms with Crippen LogP contribution < -0.4 is 0 Å². The van der Waals surface area contributed by atoms with E-state index in [2.05, 4.69) is 30.1 Å². The van der Waals surface area contributed by atoms with Gasteiger partial charge in [0.2, 0.25) is 0 Å². The number of ether oxygens (including phenoxy) is 2. The number of hydrogen-bond donors (Lipinski definition) is 0. The monoisotopic (exact) mass is 216 g/mol. The fourth-order valence-electron chi connectivity index (χ4n) is 0.823. The first-order chi connectivity index (χ1) is 6.35. The Morgan fingerprint density at radius 2 is 2.00 bits per heavy atom. The maximum Gasteiger partial charge on any atom is 0.332 e. The highest BCUT2D eigenvalue weighted by Crippen LogP contribution is 2.04. The molecule has 0 bridgehead atoms. The standard InChI is InChI=1S/C10H20O3Si/c1-9(6-7-14(3,4)5)13-10(11)8-12-2/h6-7,9H,8H2,1-5H3/b7-6+/t9-/m0/s1. The SMILES string of the molecule is COCC(=O)O[C@@H](C)/C=C/[Si](C)(C)C. The third kappa shape index (κ3) is 8.01. The Hall–Kier alpha value is -0.613. The van der Waals surface area contributed by atoms with Gasteiger partial charge in [-0.25, -0.2) is 4.79 Å². The molecule has 14 heavy (non-hydrogen) atoms. The second-order valence-corrected chi connectivity index (χ2v) is 9.42. The molecule has 0 amide bonds. The lowest BCUT2D eigenvalue weighted by molar-refractivity contribution is -0.150. The van der Waals surface area contributed by atoms with Crippen LogP contribution in [0.4, 0.5) is 0 Å². The molecule has 0 aromatic rings. The Morgan fingerprint density at radius 1 is 1.43 bits per heavy atom. The van der Waals surface area contributed by atoms with Gasteiger partial charge in [-0.15, -0.1) is 0 Å². The molecule has 1 atom stereocenters. The zero-order valence-corrected chi connectivity index (χ0v) is 10.7. The molecule has 0 N–H and O–H groups in total. The van der Waals surface area contributed by atoms with E-state index in [0.29, 0.717) is 0 Å². The molecule has 0 rings (SSSR count). The van der Waals surface area contributed by atoms with E-state index in [1.807, 2.05) is 13.0 Å². The van der Waals surface area contributed by atoms with Crippen LogP contribution in [0.3, 0.4) is 0 Å². The van der Waals surface area contributed by atoms with Crippen LogP contribution in [0, 0.1) is 0 Å². The van der Waals surface area contributed by atoms with Gasteiger partial charge in [-0.05, 0) is 6.92 Å². The molecule has 4 heteroatoms. The summed E-state index contributed by atoms with van der Waals surface area (Å²) in [6, 6.07) is 0. The van der Waals surface area contributed by atoms with Crippen molar-refractivity contribution in [2.75, 3.05) is 13.7 Å². The lowest BCUT2D eigenvalue weighted by atomic mass is 10.4. The molecule has 82 valence electrons. The quantitative estimate of drug-likeness (QED) is 0.521. The first-order valence-electron chi connectivity index (χ1n) is 4.73. The van der Waals surface area contributed by atoms with Crippen molar-refractivity contribution in [3.63, 3.8) is 0 Å². The number of carbonyl (C=O) groups is 1. The number of esters is 1. The Balaban J connectivity index is 3.92. The Labute approximate surface area is 87.1 Å². The van der Waals surface area contributed by atoms with Crippen molar-refractivity contribution in [1.82, 2.24) is 0 Å². The van der Waals surface area contributed by atoms with Crippen molar-refractivity contribution in [3.8, 4) is 0 Å². The summed E-state index contributed by atoms with van der Waals surface area (Å²) in [6.07, 6.45) is 1.78. The first kappa shape index (κ1) is 13.4. The molecule has 0 unspecified atom stereocenters. The molecule has 0 spiro atoms. The van der Waals surface area contributed by atoms with Crippen molar-refractivity contribution >= 4 is 14.0 Å². The van der Waals surface area contributed by atoms with E-state index in [4.69, 9.17) is 4.74 Å². The van der Waals surface area contributed by atoms with Crippen LogP contribution in [0.2, 0.25) is 19.6 Å². The predicted octanol–water partition coefficient (Wildman–Crippen LogP) is 2.00. The summed E-state index contributed by atoms with van der Waals surface area (Å²) in [5, 5.41) is 0. The Bertz CT molecular complexity index is 206. The van der Waals surface area contributed by atoms with Crippen LogP contribution in [-0.2, 0) is 14.3 Å². The first-order valence-corrected chi connectivity index (χ1v) is 8.30. The molecule has 0 aliphatic rings. The van der Waals surface area contributed by atoms with Crippen LogP contribution in [0.25, 0.3) is 0 Å². The fraction of sp³-hybridized carbons (Fsp3) is 0.700. The van der Waals surface area contributed by atoms with Crippen molar-refractivity contribution in [2.45, 2.75) is 32.7 Å². The number of hydrogen-bond acceptors (Lipinski definition) is 3. The zero-order chi connectivity index (χ0) is 11.2. The van der Waals surface area contributed by atoms with Gasteiger partial charge in [0, 0.05) is 7.11 Å². The van der Waals surface area contributed by atoms with E-state index < -0.39 is 8.07 Å². The Morgan fingerprint density at radius 3 is 2.43 bits per heavy atom. The molecule has 0 aromatic carbocycles. The minimum Gasteiger partial charge on any atom is -0.457 e. The van der Waals surface area contributed by atoms with Gasteiger partial charge in [-0.3, -0.25) is 0 Å². The van der Waals surface area contributed by atoms with E-state index in [0.717, 1.165) is 0 Å². The van der Waals surface area contributed by atoms with E-state index in [-0.39, 0.29) is 18.7 Å². The summed E-state index contributed by atoms with van der Waals surface area (Å²) in [7, 11) is 0.283. The number of methoxy groups -OCH3 is 1. The normalized spacial score (nSPS) is 14.4. The van der Waals surface area contributed by atoms with Crippen LogP contribution in [-0.4, -0.2) is 33.9 Å². The number of rotatable bonds is 5. The molecule has 0 saturated heterocycles. The largest absolute Gasteiger partial charge is 0.457 e. The van der Waals surface area contributed by atoms with Gasteiger partial charge in [-0.1, -0.05) is 31.4 Å². The summed E-state index contributed by atoms with van der Waals surface area (Å²) in [4.78, 5) is 11.0. The molecule has 3 nitrogen and oxygen atoms in total. The summed E-state index contributed by atoms with van der Waals surface area (Å²) in [6.45, 7) is 8.56. The highest BCUT2D eigenvalue weighted by Gasteiger charge is 2.10. The summed E-state index contributed by atoms with van der Waals surface area (Å²) >= 11 is 0. The average molecular weight is 216 g/mol. The van der Waals surface area contributed by atoms with Crippen molar-refractivity contribution in [2.24, 2.45) is 0 Å². The minimum atomic E-state index is -1.19. The van der Waals surface area contributed by atoms with Gasteiger partial charge in [0.25, 0.3) is 0 Å². The average Bonchev–Trinajstić information content (AvgIpc) is 2.00. The van der Waals surface area contributed by atoms with Gasteiger partial charge in [0.05, 0.1) is 8.07 Å². The predicted molar refractivity (Wildman–Crippen MR) is 59.9 cm³/mol. The van der Waals surface area contributed by atoms with Crippen molar-refractivity contribution in [3.05, 3.63) is 11.8 Å². The van der Waals surface area contributed by atoms with Crippen molar-refractivity contribution < 1.29 is 14.3 Å². The summed E-state index contributed by atoms with van der Waals surface area (Å²) in [5.41, 5.74) is 2.16. The lowest BCUT2D eigenvalue weighted by Crippen LogP contribution is -2.20. The second kappa shape index (κ2) is 5.98. The highest BCUT2D eigenvalue weighted by molar-refractivity contribution is 6.80. The van der Waals surface area contributed by atoms with Gasteiger partial charge in [0.15, 0.2) is 0 Å². The molecule has 0 aliphatic carbocycles. The smallest absolute Gasteiger partial charge is 0.332 e. The highest BCUT2D eigenvalue weighted by atomic mass is 28.3. The second-order valence-electron chi connectivity index (χ2n) is 4.35. The Kier molecular flexibility index (Phi) is 5.72. The molecule has 0 fully saturated rings. The van der Waals surface area contributed by atoms with Crippen LogP contribution in [0.5, 0.6) is 0 Å². The summed E-state index contributed by atoms with van der Waals surface area (Å²) < 4.78 is 9.72. The van der Waals surface area contributed by atoms with Crippen LogP contribution in [0.15, 0.2) is 11.8 Å². The van der Waals surface area contributed by atoms with Gasteiger partial charge >= 0.3 is 5.97 Å². The van der Waals surface area contributed by atoms with Crippen molar-refractivity contribution in [1.29, 1.82) is 0 Å². The third-order valence-corrected chi connectivity index (χ3v) is 2.64. The molecular formula is C10H20O3Si. The molecule has 0 heterocycles. The fourth-order valence-corrected chi connectivity index (χ4v) is 1.67. The molecular weight excluding hydrogens is 196 g/mol. The maximum absolute atomic E-state index is 11.0. The van der Waals surface area contributed by atoms with E-state index >= 15 is 0 Å². The molecule has 0 aromatic heterocycles. The van der Waals surface area contributed by atoms with Crippen LogP contribution >= 0.6 is 0 Å². The van der Waals surface area contributed by atoms with E-state index in [1.54, 1.807) is 0 Å². The van der Waals surface area contributed by atoms with Gasteiger partial charge < -0.3 is 9.47 Å². The topological polar surface area (TPSA) is 35.5 Å². The molecule has 0 aliphatic heterocycles. The third-order valence-electron chi connectivity index (χ3n) is 1.45. The maximum atomic E-state index is 11.0. The van der Waals surface area contributed by atoms with Crippen LogP contribution in [0.1, 0.15) is 6.92 Å².